The Hall–Kier alpha value is -1.90. The van der Waals surface area contributed by atoms with Gasteiger partial charge in [0.15, 0.2) is 0 Å². The molecule has 0 amide bonds. The van der Waals surface area contributed by atoms with Gasteiger partial charge in [-0.05, 0) is 35.9 Å². The fourth-order valence-electron chi connectivity index (χ4n) is 2.70. The van der Waals surface area contributed by atoms with Crippen molar-refractivity contribution >= 4 is 43.2 Å². The molecule has 0 aromatic heterocycles. The summed E-state index contributed by atoms with van der Waals surface area (Å²) in [6.07, 6.45) is 0. The zero-order valence-corrected chi connectivity index (χ0v) is 18.2. The van der Waals surface area contributed by atoms with Crippen LogP contribution in [0.15, 0.2) is 94.7 Å². The van der Waals surface area contributed by atoms with Crippen LogP contribution in [0.5, 0.6) is 0 Å². The number of benzene rings is 3. The molecular weight excluding hydrogens is 453 g/mol. The maximum Gasteiger partial charge on any atom is 0.256 e. The summed E-state index contributed by atoms with van der Waals surface area (Å²) in [7, 11) is -8.81. The zero-order chi connectivity index (χ0) is 21.1. The molecule has 1 atom stereocenters. The van der Waals surface area contributed by atoms with Gasteiger partial charge in [-0.15, -0.1) is 11.6 Å². The van der Waals surface area contributed by atoms with Crippen LogP contribution in [0, 0.1) is 0 Å². The molecule has 0 aliphatic rings. The number of alkyl halides is 1. The molecular formula is C20H17Cl2NO4S2. The molecule has 0 heterocycles. The molecule has 3 aromatic carbocycles. The molecule has 0 saturated heterocycles. The summed E-state index contributed by atoms with van der Waals surface area (Å²) in [4.78, 5) is -0.301. The molecule has 3 aromatic rings. The van der Waals surface area contributed by atoms with E-state index in [4.69, 9.17) is 23.2 Å². The molecule has 0 fully saturated rings. The van der Waals surface area contributed by atoms with Crippen LogP contribution >= 0.6 is 23.2 Å². The first-order chi connectivity index (χ1) is 13.7. The van der Waals surface area contributed by atoms with E-state index in [0.29, 0.717) is 14.3 Å². The number of hydrogen-bond donors (Lipinski definition) is 0. The summed E-state index contributed by atoms with van der Waals surface area (Å²) in [5, 5.41) is -0.664. The SMILES string of the molecule is O=S(=O)(c1ccccc1)N(CC(Cl)c1ccccc1Cl)S(=O)(=O)c1ccccc1. The molecule has 5 nitrogen and oxygen atoms in total. The first-order valence-electron chi connectivity index (χ1n) is 8.51. The molecule has 0 saturated carbocycles. The standard InChI is InChI=1S/C20H17Cl2NO4S2/c21-19-14-8-7-13-18(19)20(22)15-23(28(24,25)16-9-3-1-4-10-16)29(26,27)17-11-5-2-6-12-17/h1-14,20H,15H2. The highest BCUT2D eigenvalue weighted by atomic mass is 35.5. The van der Waals surface area contributed by atoms with Gasteiger partial charge in [-0.1, -0.05) is 69.9 Å². The second kappa shape index (κ2) is 8.85. The highest BCUT2D eigenvalue weighted by Gasteiger charge is 2.38. The van der Waals surface area contributed by atoms with E-state index in [2.05, 4.69) is 0 Å². The van der Waals surface area contributed by atoms with Crippen molar-refractivity contribution in [1.82, 2.24) is 3.71 Å². The summed E-state index contributed by atoms with van der Waals surface area (Å²) in [6, 6.07) is 21.3. The number of nitrogens with zero attached hydrogens (tertiary/aromatic N) is 1. The summed E-state index contributed by atoms with van der Waals surface area (Å²) < 4.78 is 53.5. The lowest BCUT2D eigenvalue weighted by molar-refractivity contribution is 0.494. The van der Waals surface area contributed by atoms with Gasteiger partial charge in [-0.3, -0.25) is 0 Å². The number of rotatable bonds is 7. The third-order valence-corrected chi connectivity index (χ3v) is 9.17. The van der Waals surface area contributed by atoms with Crippen LogP contribution in [0.2, 0.25) is 5.02 Å². The second-order valence-electron chi connectivity index (χ2n) is 6.08. The van der Waals surface area contributed by atoms with E-state index < -0.39 is 32.0 Å². The van der Waals surface area contributed by atoms with Crippen molar-refractivity contribution in [3.63, 3.8) is 0 Å². The van der Waals surface area contributed by atoms with Crippen molar-refractivity contribution < 1.29 is 16.8 Å². The van der Waals surface area contributed by atoms with Gasteiger partial charge in [0, 0.05) is 5.02 Å². The van der Waals surface area contributed by atoms with E-state index in [1.807, 2.05) is 0 Å². The van der Waals surface area contributed by atoms with Crippen LogP contribution in [0.3, 0.4) is 0 Å². The number of halogens is 2. The Bertz CT molecular complexity index is 1120. The van der Waals surface area contributed by atoms with Gasteiger partial charge in [0.05, 0.1) is 21.7 Å². The van der Waals surface area contributed by atoms with Crippen LogP contribution in [0.4, 0.5) is 0 Å². The van der Waals surface area contributed by atoms with E-state index >= 15 is 0 Å². The Morgan fingerprint density at radius 3 is 1.55 bits per heavy atom. The third-order valence-electron chi connectivity index (χ3n) is 4.17. The summed E-state index contributed by atoms with van der Waals surface area (Å²) in [5.41, 5.74) is 0.437. The normalized spacial score (nSPS) is 13.3. The van der Waals surface area contributed by atoms with E-state index in [1.165, 1.54) is 48.5 Å². The largest absolute Gasteiger partial charge is 0.256 e. The maximum absolute atomic E-state index is 13.3. The lowest BCUT2D eigenvalue weighted by Gasteiger charge is -2.24. The molecule has 1 unspecified atom stereocenters. The molecule has 29 heavy (non-hydrogen) atoms. The van der Waals surface area contributed by atoms with Crippen molar-refractivity contribution in [3.05, 3.63) is 95.5 Å². The lowest BCUT2D eigenvalue weighted by Crippen LogP contribution is -2.39. The minimum Gasteiger partial charge on any atom is -0.206 e. The third kappa shape index (κ3) is 4.65. The Balaban J connectivity index is 2.11. The van der Waals surface area contributed by atoms with Crippen LogP contribution in [0.1, 0.15) is 10.9 Å². The van der Waals surface area contributed by atoms with E-state index in [1.54, 1.807) is 36.4 Å². The fourth-order valence-corrected chi connectivity index (χ4v) is 7.23. The summed E-state index contributed by atoms with van der Waals surface area (Å²) in [6.45, 7) is -0.514. The van der Waals surface area contributed by atoms with Gasteiger partial charge < -0.3 is 0 Å². The van der Waals surface area contributed by atoms with Crippen molar-refractivity contribution in [2.45, 2.75) is 15.2 Å². The quantitative estimate of drug-likeness (QED) is 0.470. The first-order valence-corrected chi connectivity index (χ1v) is 12.2. The fraction of sp³-hybridized carbons (Fsp3) is 0.100. The van der Waals surface area contributed by atoms with Crippen LogP contribution in [-0.4, -0.2) is 27.1 Å². The minimum atomic E-state index is -4.40. The van der Waals surface area contributed by atoms with E-state index in [0.717, 1.165) is 0 Å². The maximum atomic E-state index is 13.3. The monoisotopic (exact) mass is 469 g/mol. The Morgan fingerprint density at radius 1 is 0.690 bits per heavy atom. The van der Waals surface area contributed by atoms with Gasteiger partial charge in [-0.2, -0.15) is 0 Å². The second-order valence-corrected chi connectivity index (χ2v) is 11.0. The van der Waals surface area contributed by atoms with Gasteiger partial charge >= 0.3 is 0 Å². The molecule has 0 bridgehead atoms. The van der Waals surface area contributed by atoms with Crippen LogP contribution in [0.25, 0.3) is 0 Å². The average Bonchev–Trinajstić information content (AvgIpc) is 2.73. The molecule has 152 valence electrons. The molecule has 3 rings (SSSR count). The number of hydrogen-bond acceptors (Lipinski definition) is 4. The van der Waals surface area contributed by atoms with Gasteiger partial charge in [-0.25, -0.2) is 16.8 Å². The Labute approximate surface area is 180 Å². The highest BCUT2D eigenvalue weighted by molar-refractivity contribution is 8.04. The zero-order valence-electron chi connectivity index (χ0n) is 15.0. The van der Waals surface area contributed by atoms with Gasteiger partial charge in [0.2, 0.25) is 0 Å². The molecule has 0 aliphatic carbocycles. The number of sulfonamides is 2. The lowest BCUT2D eigenvalue weighted by atomic mass is 10.1. The van der Waals surface area contributed by atoms with Crippen LogP contribution in [-0.2, 0) is 20.0 Å². The molecule has 0 N–H and O–H groups in total. The van der Waals surface area contributed by atoms with Gasteiger partial charge in [0.1, 0.15) is 0 Å². The van der Waals surface area contributed by atoms with Crippen molar-refractivity contribution in [2.75, 3.05) is 6.54 Å². The van der Waals surface area contributed by atoms with Crippen molar-refractivity contribution in [1.29, 1.82) is 0 Å². The molecule has 9 heteroatoms. The van der Waals surface area contributed by atoms with E-state index in [9.17, 15) is 16.8 Å². The van der Waals surface area contributed by atoms with Gasteiger partial charge in [0.25, 0.3) is 20.0 Å². The summed E-state index contributed by atoms with van der Waals surface area (Å²) in [5.74, 6) is 0. The first kappa shape index (κ1) is 21.8. The Morgan fingerprint density at radius 2 is 1.10 bits per heavy atom. The topological polar surface area (TPSA) is 71.5 Å². The minimum absolute atomic E-state index is 0.150. The summed E-state index contributed by atoms with van der Waals surface area (Å²) >= 11 is 12.6. The van der Waals surface area contributed by atoms with E-state index in [-0.39, 0.29) is 9.79 Å². The molecule has 0 aliphatic heterocycles. The van der Waals surface area contributed by atoms with Crippen molar-refractivity contribution in [2.24, 2.45) is 0 Å². The molecule has 0 spiro atoms. The average molecular weight is 470 g/mol. The Kier molecular flexibility index (Phi) is 6.65. The smallest absolute Gasteiger partial charge is 0.206 e. The predicted octanol–water partition coefficient (Wildman–Crippen LogP) is 4.70. The van der Waals surface area contributed by atoms with Crippen molar-refractivity contribution in [3.8, 4) is 0 Å². The highest BCUT2D eigenvalue weighted by Crippen LogP contribution is 2.33. The predicted molar refractivity (Wildman–Crippen MR) is 114 cm³/mol. The molecule has 0 radical (unpaired) electrons. The van der Waals surface area contributed by atoms with Crippen LogP contribution < -0.4 is 0 Å².